The van der Waals surface area contributed by atoms with E-state index in [1.807, 2.05) is 31.2 Å². The number of carboxylic acid groups (broad SMARTS) is 1. The quantitative estimate of drug-likeness (QED) is 0.903. The van der Waals surface area contributed by atoms with Crippen LogP contribution in [-0.4, -0.2) is 11.1 Å². The zero-order valence-corrected chi connectivity index (χ0v) is 10.9. The number of rotatable bonds is 3. The van der Waals surface area contributed by atoms with E-state index in [-0.39, 0.29) is 0 Å². The molecule has 3 heteroatoms. The van der Waals surface area contributed by atoms with Gasteiger partial charge in [-0.15, -0.1) is 0 Å². The summed E-state index contributed by atoms with van der Waals surface area (Å²) in [5.41, 5.74) is 2.86. The van der Waals surface area contributed by atoms with Gasteiger partial charge in [-0.1, -0.05) is 42.0 Å². The van der Waals surface area contributed by atoms with Gasteiger partial charge in [-0.05, 0) is 31.0 Å². The van der Waals surface area contributed by atoms with E-state index in [9.17, 15) is 9.18 Å². The third kappa shape index (κ3) is 2.81. The third-order valence-electron chi connectivity index (χ3n) is 3.23. The van der Waals surface area contributed by atoms with Crippen molar-refractivity contribution in [1.82, 2.24) is 0 Å². The minimum Gasteiger partial charge on any atom is -0.481 e. The van der Waals surface area contributed by atoms with Crippen molar-refractivity contribution in [3.63, 3.8) is 0 Å². The van der Waals surface area contributed by atoms with E-state index in [1.165, 1.54) is 6.07 Å². The Morgan fingerprint density at radius 1 is 1.16 bits per heavy atom. The number of aliphatic carboxylic acids is 1. The number of aryl methyl sites for hydroxylation is 1. The first-order chi connectivity index (χ1) is 8.99. The van der Waals surface area contributed by atoms with Crippen molar-refractivity contribution in [3.8, 4) is 11.1 Å². The minimum absolute atomic E-state index is 0.394. The number of hydrogen-bond acceptors (Lipinski definition) is 1. The highest BCUT2D eigenvalue weighted by atomic mass is 19.1. The fourth-order valence-corrected chi connectivity index (χ4v) is 1.91. The van der Waals surface area contributed by atoms with Gasteiger partial charge in [-0.3, -0.25) is 4.79 Å². The second-order valence-corrected chi connectivity index (χ2v) is 4.67. The highest BCUT2D eigenvalue weighted by Crippen LogP contribution is 2.26. The summed E-state index contributed by atoms with van der Waals surface area (Å²) >= 11 is 0. The van der Waals surface area contributed by atoms with E-state index in [4.69, 9.17) is 5.11 Å². The van der Waals surface area contributed by atoms with Crippen molar-refractivity contribution in [2.75, 3.05) is 0 Å². The lowest BCUT2D eigenvalue weighted by atomic mass is 9.97. The predicted octanol–water partition coefficient (Wildman–Crippen LogP) is 3.99. The Kier molecular flexibility index (Phi) is 3.65. The summed E-state index contributed by atoms with van der Waals surface area (Å²) in [6, 6.07) is 12.1. The van der Waals surface area contributed by atoms with Gasteiger partial charge in [0, 0.05) is 5.56 Å². The lowest BCUT2D eigenvalue weighted by molar-refractivity contribution is -0.138. The molecule has 0 aliphatic rings. The molecule has 2 aromatic rings. The molecule has 1 atom stereocenters. The Bertz CT molecular complexity index is 603. The fraction of sp³-hybridized carbons (Fsp3) is 0.188. The van der Waals surface area contributed by atoms with Gasteiger partial charge in [0.15, 0.2) is 0 Å². The number of carbonyl (C=O) groups is 1. The maximum atomic E-state index is 14.1. The van der Waals surface area contributed by atoms with E-state index >= 15 is 0 Å². The van der Waals surface area contributed by atoms with Crippen molar-refractivity contribution in [1.29, 1.82) is 0 Å². The summed E-state index contributed by atoms with van der Waals surface area (Å²) in [7, 11) is 0. The molecule has 19 heavy (non-hydrogen) atoms. The Morgan fingerprint density at radius 3 is 2.32 bits per heavy atom. The molecule has 0 bridgehead atoms. The van der Waals surface area contributed by atoms with E-state index in [2.05, 4.69) is 0 Å². The monoisotopic (exact) mass is 258 g/mol. The summed E-state index contributed by atoms with van der Waals surface area (Å²) < 4.78 is 14.1. The highest BCUT2D eigenvalue weighted by molar-refractivity contribution is 5.76. The van der Waals surface area contributed by atoms with Crippen LogP contribution in [0.2, 0.25) is 0 Å². The molecule has 2 rings (SSSR count). The van der Waals surface area contributed by atoms with Gasteiger partial charge in [0.25, 0.3) is 0 Å². The molecule has 0 radical (unpaired) electrons. The van der Waals surface area contributed by atoms with Crippen LogP contribution in [0, 0.1) is 12.7 Å². The fourth-order valence-electron chi connectivity index (χ4n) is 1.91. The summed E-state index contributed by atoms with van der Waals surface area (Å²) in [4.78, 5) is 10.9. The van der Waals surface area contributed by atoms with E-state index in [1.54, 1.807) is 19.1 Å². The van der Waals surface area contributed by atoms with E-state index in [0.717, 1.165) is 11.1 Å². The van der Waals surface area contributed by atoms with Crippen LogP contribution in [0.3, 0.4) is 0 Å². The molecule has 1 N–H and O–H groups in total. The first kappa shape index (κ1) is 13.3. The summed E-state index contributed by atoms with van der Waals surface area (Å²) in [6.07, 6.45) is 0. The van der Waals surface area contributed by atoms with Crippen LogP contribution in [0.25, 0.3) is 11.1 Å². The lowest BCUT2D eigenvalue weighted by Crippen LogP contribution is -2.07. The number of carboxylic acids is 1. The SMILES string of the molecule is Cc1ccc(-c2ccc([C@@H](C)C(=O)O)cc2F)cc1. The van der Waals surface area contributed by atoms with Gasteiger partial charge in [-0.25, -0.2) is 4.39 Å². The van der Waals surface area contributed by atoms with Gasteiger partial charge in [0.1, 0.15) is 5.82 Å². The molecule has 0 aliphatic heterocycles. The van der Waals surface area contributed by atoms with E-state index in [0.29, 0.717) is 11.1 Å². The topological polar surface area (TPSA) is 37.3 Å². The Balaban J connectivity index is 2.39. The van der Waals surface area contributed by atoms with Crippen LogP contribution in [-0.2, 0) is 4.79 Å². The van der Waals surface area contributed by atoms with E-state index < -0.39 is 17.7 Å². The second-order valence-electron chi connectivity index (χ2n) is 4.67. The summed E-state index contributed by atoms with van der Waals surface area (Å²) in [5.74, 6) is -2.06. The largest absolute Gasteiger partial charge is 0.481 e. The number of halogens is 1. The van der Waals surface area contributed by atoms with Gasteiger partial charge in [0.2, 0.25) is 0 Å². The molecular weight excluding hydrogens is 243 g/mol. The highest BCUT2D eigenvalue weighted by Gasteiger charge is 2.15. The van der Waals surface area contributed by atoms with Crippen molar-refractivity contribution in [2.45, 2.75) is 19.8 Å². The number of benzene rings is 2. The molecule has 0 aliphatic carbocycles. The zero-order chi connectivity index (χ0) is 14.0. The third-order valence-corrected chi connectivity index (χ3v) is 3.23. The van der Waals surface area contributed by atoms with Gasteiger partial charge in [-0.2, -0.15) is 0 Å². The molecule has 0 unspecified atom stereocenters. The summed E-state index contributed by atoms with van der Waals surface area (Å²) in [5, 5.41) is 8.92. The predicted molar refractivity (Wildman–Crippen MR) is 72.6 cm³/mol. The van der Waals surface area contributed by atoms with Crippen molar-refractivity contribution in [2.24, 2.45) is 0 Å². The first-order valence-electron chi connectivity index (χ1n) is 6.08. The average molecular weight is 258 g/mol. The minimum atomic E-state index is -0.956. The van der Waals surface area contributed by atoms with Crippen LogP contribution < -0.4 is 0 Å². The van der Waals surface area contributed by atoms with Crippen molar-refractivity contribution < 1.29 is 14.3 Å². The van der Waals surface area contributed by atoms with Crippen LogP contribution in [0.1, 0.15) is 24.0 Å². The molecule has 0 saturated heterocycles. The van der Waals surface area contributed by atoms with Gasteiger partial charge < -0.3 is 5.11 Å². The van der Waals surface area contributed by atoms with Crippen LogP contribution in [0.4, 0.5) is 4.39 Å². The molecule has 0 aromatic heterocycles. The zero-order valence-electron chi connectivity index (χ0n) is 10.9. The van der Waals surface area contributed by atoms with Gasteiger partial charge in [0.05, 0.1) is 5.92 Å². The van der Waals surface area contributed by atoms with Crippen LogP contribution in [0.5, 0.6) is 0 Å². The molecule has 0 heterocycles. The molecule has 98 valence electrons. The molecule has 2 aromatic carbocycles. The molecule has 2 nitrogen and oxygen atoms in total. The molecule has 0 amide bonds. The first-order valence-corrected chi connectivity index (χ1v) is 6.08. The standard InChI is InChI=1S/C16H15FO2/c1-10-3-5-12(6-4-10)14-8-7-13(9-15(14)17)11(2)16(18)19/h3-9,11H,1-2H3,(H,18,19)/t11-/m1/s1. The summed E-state index contributed by atoms with van der Waals surface area (Å²) in [6.45, 7) is 3.51. The second kappa shape index (κ2) is 5.22. The van der Waals surface area contributed by atoms with Crippen LogP contribution in [0.15, 0.2) is 42.5 Å². The maximum absolute atomic E-state index is 14.1. The molecule has 0 fully saturated rings. The normalized spacial score (nSPS) is 12.2. The number of hydrogen-bond donors (Lipinski definition) is 1. The smallest absolute Gasteiger partial charge is 0.310 e. The van der Waals surface area contributed by atoms with Gasteiger partial charge >= 0.3 is 5.97 Å². The molecule has 0 spiro atoms. The Hall–Kier alpha value is -2.16. The lowest BCUT2D eigenvalue weighted by Gasteiger charge is -2.09. The van der Waals surface area contributed by atoms with Crippen molar-refractivity contribution >= 4 is 5.97 Å². The van der Waals surface area contributed by atoms with Crippen molar-refractivity contribution in [3.05, 3.63) is 59.4 Å². The van der Waals surface area contributed by atoms with Crippen LogP contribution >= 0.6 is 0 Å². The maximum Gasteiger partial charge on any atom is 0.310 e. The average Bonchev–Trinajstić information content (AvgIpc) is 2.39. The Labute approximate surface area is 111 Å². The Morgan fingerprint density at radius 2 is 1.79 bits per heavy atom. The molecular formula is C16H15FO2. The molecule has 0 saturated carbocycles.